The van der Waals surface area contributed by atoms with Gasteiger partial charge in [-0.3, -0.25) is 19.3 Å². The first-order chi connectivity index (χ1) is 13.1. The van der Waals surface area contributed by atoms with Crippen molar-refractivity contribution >= 4 is 5.91 Å². The van der Waals surface area contributed by atoms with E-state index in [1.165, 1.54) is 11.1 Å². The average molecular weight is 367 g/mol. The lowest BCUT2D eigenvalue weighted by molar-refractivity contribution is -0.155. The summed E-state index contributed by atoms with van der Waals surface area (Å²) in [6.45, 7) is 5.40. The number of piperazine rings is 1. The van der Waals surface area contributed by atoms with Crippen LogP contribution in [0.4, 0.5) is 0 Å². The van der Waals surface area contributed by atoms with Crippen LogP contribution in [-0.4, -0.2) is 69.2 Å². The van der Waals surface area contributed by atoms with Crippen molar-refractivity contribution in [2.24, 2.45) is 7.05 Å². The third kappa shape index (κ3) is 3.64. The lowest BCUT2D eigenvalue weighted by Gasteiger charge is -2.52. The molecule has 1 spiro atoms. The standard InChI is InChI=1S/C21H29N5O/c1-23-12-13-26(17-18-6-4-3-5-7-18)21(20(23)27)8-10-25(11-9-21)16-19-14-22-24(2)15-19/h3-7,14-15H,8-13,16-17H2,1-2H3. The van der Waals surface area contributed by atoms with Gasteiger partial charge in [0.15, 0.2) is 0 Å². The van der Waals surface area contributed by atoms with Gasteiger partial charge in [0.25, 0.3) is 0 Å². The molecule has 0 saturated carbocycles. The third-order valence-electron chi connectivity index (χ3n) is 6.12. The van der Waals surface area contributed by atoms with E-state index in [-0.39, 0.29) is 5.54 Å². The van der Waals surface area contributed by atoms with Gasteiger partial charge in [-0.05, 0) is 18.4 Å². The molecule has 0 unspecified atom stereocenters. The number of likely N-dealkylation sites (N-methyl/N-ethyl adjacent to an activating group) is 1. The highest BCUT2D eigenvalue weighted by molar-refractivity contribution is 5.87. The van der Waals surface area contributed by atoms with E-state index in [0.29, 0.717) is 5.91 Å². The lowest BCUT2D eigenvalue weighted by atomic mass is 9.82. The number of rotatable bonds is 4. The molecule has 2 aromatic rings. The molecule has 0 atom stereocenters. The second kappa shape index (κ2) is 7.44. The van der Waals surface area contributed by atoms with E-state index in [4.69, 9.17) is 0 Å². The Morgan fingerprint density at radius 1 is 0.963 bits per heavy atom. The number of nitrogens with zero attached hydrogens (tertiary/aromatic N) is 5. The highest BCUT2D eigenvalue weighted by Crippen LogP contribution is 2.35. The van der Waals surface area contributed by atoms with E-state index in [9.17, 15) is 4.79 Å². The van der Waals surface area contributed by atoms with Crippen LogP contribution in [0.1, 0.15) is 24.0 Å². The topological polar surface area (TPSA) is 44.6 Å². The minimum absolute atomic E-state index is 0.297. The van der Waals surface area contributed by atoms with Crippen molar-refractivity contribution in [2.45, 2.75) is 31.5 Å². The second-order valence-corrected chi connectivity index (χ2v) is 7.96. The summed E-state index contributed by atoms with van der Waals surface area (Å²) in [5.74, 6) is 0.297. The first kappa shape index (κ1) is 18.2. The van der Waals surface area contributed by atoms with Crippen LogP contribution in [-0.2, 0) is 24.9 Å². The van der Waals surface area contributed by atoms with Gasteiger partial charge in [-0.15, -0.1) is 0 Å². The molecule has 4 rings (SSSR count). The van der Waals surface area contributed by atoms with E-state index >= 15 is 0 Å². The number of aromatic nitrogens is 2. The van der Waals surface area contributed by atoms with Gasteiger partial charge in [0.1, 0.15) is 5.54 Å². The molecule has 2 aliphatic rings. The molecule has 3 heterocycles. The number of hydrogen-bond donors (Lipinski definition) is 0. The first-order valence-electron chi connectivity index (χ1n) is 9.81. The Bertz CT molecular complexity index is 779. The predicted octanol–water partition coefficient (Wildman–Crippen LogP) is 1.73. The fourth-order valence-electron chi connectivity index (χ4n) is 4.53. The Kier molecular flexibility index (Phi) is 5.02. The van der Waals surface area contributed by atoms with Crippen molar-refractivity contribution < 1.29 is 4.79 Å². The zero-order chi connectivity index (χ0) is 18.9. The van der Waals surface area contributed by atoms with Gasteiger partial charge in [-0.25, -0.2) is 0 Å². The van der Waals surface area contributed by atoms with Crippen molar-refractivity contribution in [1.29, 1.82) is 0 Å². The van der Waals surface area contributed by atoms with E-state index in [1.807, 2.05) is 35.9 Å². The van der Waals surface area contributed by atoms with Crippen molar-refractivity contribution in [3.05, 3.63) is 53.9 Å². The van der Waals surface area contributed by atoms with Crippen LogP contribution in [0.2, 0.25) is 0 Å². The summed E-state index contributed by atoms with van der Waals surface area (Å²) in [5, 5.41) is 4.27. The number of amides is 1. The first-order valence-corrected chi connectivity index (χ1v) is 9.81. The molecule has 1 amide bonds. The Labute approximate surface area is 161 Å². The normalized spacial score (nSPS) is 21.1. The summed E-state index contributed by atoms with van der Waals surface area (Å²) < 4.78 is 1.85. The van der Waals surface area contributed by atoms with Crippen LogP contribution >= 0.6 is 0 Å². The molecule has 0 N–H and O–H groups in total. The molecule has 2 fully saturated rings. The van der Waals surface area contributed by atoms with Gasteiger partial charge in [0, 0.05) is 65.1 Å². The highest BCUT2D eigenvalue weighted by Gasteiger charge is 2.49. The van der Waals surface area contributed by atoms with Gasteiger partial charge >= 0.3 is 0 Å². The van der Waals surface area contributed by atoms with Crippen LogP contribution in [0.3, 0.4) is 0 Å². The molecule has 0 radical (unpaired) electrons. The van der Waals surface area contributed by atoms with Crippen LogP contribution in [0.5, 0.6) is 0 Å². The summed E-state index contributed by atoms with van der Waals surface area (Å²) in [5.41, 5.74) is 2.17. The molecule has 144 valence electrons. The maximum absolute atomic E-state index is 13.2. The Morgan fingerprint density at radius 2 is 1.70 bits per heavy atom. The van der Waals surface area contributed by atoms with Crippen molar-refractivity contribution in [3.63, 3.8) is 0 Å². The van der Waals surface area contributed by atoms with Gasteiger partial charge in [0.2, 0.25) is 5.91 Å². The van der Waals surface area contributed by atoms with Crippen molar-refractivity contribution in [1.82, 2.24) is 24.5 Å². The molecule has 0 bridgehead atoms. The van der Waals surface area contributed by atoms with Crippen LogP contribution in [0.15, 0.2) is 42.7 Å². The van der Waals surface area contributed by atoms with Gasteiger partial charge in [-0.2, -0.15) is 5.10 Å². The number of piperidine rings is 1. The molecule has 27 heavy (non-hydrogen) atoms. The monoisotopic (exact) mass is 367 g/mol. The number of hydrogen-bond acceptors (Lipinski definition) is 4. The second-order valence-electron chi connectivity index (χ2n) is 7.96. The highest BCUT2D eigenvalue weighted by atomic mass is 16.2. The molecule has 6 heteroatoms. The number of benzene rings is 1. The van der Waals surface area contributed by atoms with E-state index in [2.05, 4.69) is 45.4 Å². The SMILES string of the molecule is CN1CCN(Cc2ccccc2)C2(CCN(Cc3cnn(C)c3)CC2)C1=O. The van der Waals surface area contributed by atoms with Gasteiger partial charge in [-0.1, -0.05) is 30.3 Å². The molecule has 1 aromatic carbocycles. The van der Waals surface area contributed by atoms with Gasteiger partial charge in [0.05, 0.1) is 6.20 Å². The van der Waals surface area contributed by atoms with E-state index < -0.39 is 0 Å². The molecule has 1 aromatic heterocycles. The Hall–Kier alpha value is -2.18. The van der Waals surface area contributed by atoms with Gasteiger partial charge < -0.3 is 4.90 Å². The summed E-state index contributed by atoms with van der Waals surface area (Å²) >= 11 is 0. The van der Waals surface area contributed by atoms with Crippen LogP contribution in [0, 0.1) is 0 Å². The number of carbonyl (C=O) groups is 1. The third-order valence-corrected chi connectivity index (χ3v) is 6.12. The Balaban J connectivity index is 1.48. The average Bonchev–Trinajstić information content (AvgIpc) is 3.09. The summed E-state index contributed by atoms with van der Waals surface area (Å²) in [6.07, 6.45) is 5.80. The minimum atomic E-state index is -0.353. The summed E-state index contributed by atoms with van der Waals surface area (Å²) in [7, 11) is 3.90. The molecular formula is C21H29N5O. The largest absolute Gasteiger partial charge is 0.343 e. The maximum atomic E-state index is 13.2. The maximum Gasteiger partial charge on any atom is 0.242 e. The number of carbonyl (C=O) groups excluding carboxylic acids is 1. The van der Waals surface area contributed by atoms with Crippen LogP contribution < -0.4 is 0 Å². The van der Waals surface area contributed by atoms with Crippen molar-refractivity contribution in [2.75, 3.05) is 33.2 Å². The quantitative estimate of drug-likeness (QED) is 0.826. The molecule has 2 aliphatic heterocycles. The number of aryl methyl sites for hydroxylation is 1. The fourth-order valence-corrected chi connectivity index (χ4v) is 4.53. The zero-order valence-corrected chi connectivity index (χ0v) is 16.3. The minimum Gasteiger partial charge on any atom is -0.343 e. The summed E-state index contributed by atoms with van der Waals surface area (Å²) in [6, 6.07) is 10.5. The number of likely N-dealkylation sites (tertiary alicyclic amines) is 1. The molecule has 2 saturated heterocycles. The van der Waals surface area contributed by atoms with Crippen LogP contribution in [0.25, 0.3) is 0 Å². The van der Waals surface area contributed by atoms with E-state index in [1.54, 1.807) is 0 Å². The molecule has 0 aliphatic carbocycles. The molecule has 6 nitrogen and oxygen atoms in total. The summed E-state index contributed by atoms with van der Waals surface area (Å²) in [4.78, 5) is 20.0. The smallest absolute Gasteiger partial charge is 0.242 e. The lowest BCUT2D eigenvalue weighted by Crippen LogP contribution is -2.67. The zero-order valence-electron chi connectivity index (χ0n) is 16.3. The predicted molar refractivity (Wildman–Crippen MR) is 105 cm³/mol. The van der Waals surface area contributed by atoms with Crippen molar-refractivity contribution in [3.8, 4) is 0 Å². The van der Waals surface area contributed by atoms with E-state index in [0.717, 1.165) is 52.1 Å². The molecular weight excluding hydrogens is 338 g/mol. The Morgan fingerprint density at radius 3 is 2.37 bits per heavy atom. The fraction of sp³-hybridized carbons (Fsp3) is 0.524.